The first-order chi connectivity index (χ1) is 10.9. The number of fused-ring (bicyclic) bond motifs is 1. The van der Waals surface area contributed by atoms with E-state index in [-0.39, 0.29) is 34.9 Å². The molecule has 1 aromatic carbocycles. The van der Waals surface area contributed by atoms with Crippen LogP contribution in [0.4, 0.5) is 10.1 Å². The number of rotatable bonds is 3. The summed E-state index contributed by atoms with van der Waals surface area (Å²) in [5.74, 6) is -2.27. The highest BCUT2D eigenvalue weighted by molar-refractivity contribution is 5.97. The summed E-state index contributed by atoms with van der Waals surface area (Å²) in [6.07, 6.45) is 0.674. The van der Waals surface area contributed by atoms with E-state index in [0.29, 0.717) is 19.5 Å². The number of carboxylic acids is 1. The number of benzene rings is 1. The summed E-state index contributed by atoms with van der Waals surface area (Å²) in [6, 6.07) is 3.83. The van der Waals surface area contributed by atoms with E-state index in [4.69, 9.17) is 5.11 Å². The predicted octanol–water partition coefficient (Wildman–Crippen LogP) is 1.58. The summed E-state index contributed by atoms with van der Waals surface area (Å²) in [6.45, 7) is 2.17. The molecule has 0 unspecified atom stereocenters. The van der Waals surface area contributed by atoms with Crippen molar-refractivity contribution in [1.82, 2.24) is 4.90 Å². The molecule has 2 fully saturated rings. The fourth-order valence-corrected chi connectivity index (χ4v) is 3.42. The van der Waals surface area contributed by atoms with Crippen molar-refractivity contribution < 1.29 is 23.9 Å². The third kappa shape index (κ3) is 2.91. The Balaban J connectivity index is 1.74. The van der Waals surface area contributed by atoms with Crippen molar-refractivity contribution in [2.75, 3.05) is 18.4 Å². The summed E-state index contributed by atoms with van der Waals surface area (Å²) < 4.78 is 13.6. The monoisotopic (exact) mass is 320 g/mol. The Morgan fingerprint density at radius 1 is 1.30 bits per heavy atom. The molecule has 2 amide bonds. The summed E-state index contributed by atoms with van der Waals surface area (Å²) >= 11 is 0. The number of amides is 2. The maximum Gasteiger partial charge on any atom is 0.307 e. The normalized spacial score (nSPS) is 25.5. The van der Waals surface area contributed by atoms with Crippen LogP contribution in [0, 0.1) is 23.6 Å². The number of hydrogen-bond donors (Lipinski definition) is 2. The number of carbonyl (C=O) groups is 3. The molecule has 1 saturated heterocycles. The number of likely N-dealkylation sites (tertiary alicyclic amines) is 1. The average molecular weight is 320 g/mol. The molecule has 122 valence electrons. The van der Waals surface area contributed by atoms with Crippen LogP contribution in [0.3, 0.4) is 0 Å². The Kier molecular flexibility index (Phi) is 3.79. The van der Waals surface area contributed by atoms with Gasteiger partial charge in [-0.15, -0.1) is 0 Å². The van der Waals surface area contributed by atoms with Crippen LogP contribution in [0.25, 0.3) is 0 Å². The van der Waals surface area contributed by atoms with Crippen molar-refractivity contribution in [3.05, 3.63) is 29.6 Å². The fraction of sp³-hybridized carbons (Fsp3) is 0.438. The van der Waals surface area contributed by atoms with Gasteiger partial charge in [-0.25, -0.2) is 4.39 Å². The lowest BCUT2D eigenvalue weighted by Gasteiger charge is -2.26. The summed E-state index contributed by atoms with van der Waals surface area (Å²) in [7, 11) is 0. The first-order valence-corrected chi connectivity index (χ1v) is 7.47. The molecule has 0 aromatic heterocycles. The molecule has 2 N–H and O–H groups in total. The molecule has 3 atom stereocenters. The number of carbonyl (C=O) groups excluding carboxylic acids is 2. The smallest absolute Gasteiger partial charge is 0.307 e. The van der Waals surface area contributed by atoms with Gasteiger partial charge in [0.2, 0.25) is 5.91 Å². The molecule has 1 saturated carbocycles. The highest BCUT2D eigenvalue weighted by Crippen LogP contribution is 2.51. The first kappa shape index (κ1) is 15.5. The Bertz CT molecular complexity index is 691. The first-order valence-electron chi connectivity index (χ1n) is 7.47. The molecule has 23 heavy (non-hydrogen) atoms. The standard InChI is InChI=1S/C16H17FN2O4/c1-8(20)18-13-6-9(2-3-12(13)17)15(21)19-5-4-10-11(7-19)14(10)16(22)23/h2-3,6,10-11,14H,4-5,7H2,1H3,(H,18,20)(H,22,23)/t10-,11+,14-/m0/s1. The lowest BCUT2D eigenvalue weighted by Crippen LogP contribution is -2.37. The maximum absolute atomic E-state index is 13.6. The number of nitrogens with zero attached hydrogens (tertiary/aromatic N) is 1. The average Bonchev–Trinajstić information content (AvgIpc) is 3.21. The zero-order valence-corrected chi connectivity index (χ0v) is 12.6. The van der Waals surface area contributed by atoms with Crippen molar-refractivity contribution in [2.45, 2.75) is 13.3 Å². The molecule has 6 nitrogen and oxygen atoms in total. The van der Waals surface area contributed by atoms with Gasteiger partial charge in [-0.1, -0.05) is 0 Å². The lowest BCUT2D eigenvalue weighted by atomic mass is 10.1. The van der Waals surface area contributed by atoms with E-state index in [0.717, 1.165) is 6.07 Å². The van der Waals surface area contributed by atoms with Crippen LogP contribution in [0.1, 0.15) is 23.7 Å². The molecular weight excluding hydrogens is 303 g/mol. The molecule has 1 aliphatic heterocycles. The van der Waals surface area contributed by atoms with E-state index in [2.05, 4.69) is 5.32 Å². The summed E-state index contributed by atoms with van der Waals surface area (Å²) in [5.41, 5.74) is 0.245. The van der Waals surface area contributed by atoms with Gasteiger partial charge in [0.25, 0.3) is 5.91 Å². The van der Waals surface area contributed by atoms with Crippen LogP contribution >= 0.6 is 0 Å². The SMILES string of the molecule is CC(=O)Nc1cc(C(=O)N2CC[C@H]3[C@@H](C2)[C@H]3C(=O)O)ccc1F. The zero-order chi connectivity index (χ0) is 16.7. The third-order valence-corrected chi connectivity index (χ3v) is 4.59. The highest BCUT2D eigenvalue weighted by Gasteiger charge is 2.57. The second kappa shape index (κ2) is 5.64. The van der Waals surface area contributed by atoms with E-state index in [1.54, 1.807) is 4.90 Å². The van der Waals surface area contributed by atoms with Gasteiger partial charge in [0, 0.05) is 25.6 Å². The summed E-state index contributed by atoms with van der Waals surface area (Å²) in [4.78, 5) is 36.3. The number of carboxylic acid groups (broad SMARTS) is 1. The molecule has 2 aliphatic rings. The fourth-order valence-electron chi connectivity index (χ4n) is 3.42. The number of nitrogens with one attached hydrogen (secondary N) is 1. The number of anilines is 1. The second-order valence-electron chi connectivity index (χ2n) is 6.11. The van der Waals surface area contributed by atoms with E-state index >= 15 is 0 Å². The van der Waals surface area contributed by atoms with Crippen molar-refractivity contribution >= 4 is 23.5 Å². The second-order valence-corrected chi connectivity index (χ2v) is 6.11. The van der Waals surface area contributed by atoms with Crippen LogP contribution in [0.15, 0.2) is 18.2 Å². The van der Waals surface area contributed by atoms with Crippen LogP contribution in [0.5, 0.6) is 0 Å². The highest BCUT2D eigenvalue weighted by atomic mass is 19.1. The quantitative estimate of drug-likeness (QED) is 0.885. The minimum atomic E-state index is -0.802. The van der Waals surface area contributed by atoms with Gasteiger partial charge in [0.05, 0.1) is 11.6 Å². The lowest BCUT2D eigenvalue weighted by molar-refractivity contribution is -0.139. The predicted molar refractivity (Wildman–Crippen MR) is 79.3 cm³/mol. The molecule has 0 bridgehead atoms. The van der Waals surface area contributed by atoms with E-state index < -0.39 is 17.7 Å². The molecular formula is C16H17FN2O4. The minimum absolute atomic E-state index is 0.0143. The maximum atomic E-state index is 13.6. The Labute approximate surface area is 132 Å². The van der Waals surface area contributed by atoms with Crippen molar-refractivity contribution in [1.29, 1.82) is 0 Å². The molecule has 3 rings (SSSR count). The molecule has 1 aliphatic carbocycles. The van der Waals surface area contributed by atoms with Crippen LogP contribution in [0.2, 0.25) is 0 Å². The largest absolute Gasteiger partial charge is 0.481 e. The van der Waals surface area contributed by atoms with Gasteiger partial charge in [-0.05, 0) is 36.5 Å². The molecule has 1 heterocycles. The van der Waals surface area contributed by atoms with Crippen LogP contribution in [-0.4, -0.2) is 40.9 Å². The third-order valence-electron chi connectivity index (χ3n) is 4.59. The number of piperidine rings is 1. The number of halogens is 1. The van der Waals surface area contributed by atoms with Gasteiger partial charge in [-0.3, -0.25) is 14.4 Å². The Morgan fingerprint density at radius 2 is 2.04 bits per heavy atom. The molecule has 7 heteroatoms. The Hall–Kier alpha value is -2.44. The summed E-state index contributed by atoms with van der Waals surface area (Å²) in [5, 5.41) is 11.4. The number of aliphatic carboxylic acids is 1. The zero-order valence-electron chi connectivity index (χ0n) is 12.6. The van der Waals surface area contributed by atoms with E-state index in [1.165, 1.54) is 19.1 Å². The van der Waals surface area contributed by atoms with Crippen LogP contribution in [-0.2, 0) is 9.59 Å². The van der Waals surface area contributed by atoms with Gasteiger partial charge in [0.1, 0.15) is 5.82 Å². The minimum Gasteiger partial charge on any atom is -0.481 e. The molecule has 0 spiro atoms. The molecule has 0 radical (unpaired) electrons. The molecule has 1 aromatic rings. The topological polar surface area (TPSA) is 86.7 Å². The van der Waals surface area contributed by atoms with Gasteiger partial charge < -0.3 is 15.3 Å². The van der Waals surface area contributed by atoms with Gasteiger partial charge >= 0.3 is 5.97 Å². The van der Waals surface area contributed by atoms with Crippen molar-refractivity contribution in [3.63, 3.8) is 0 Å². The van der Waals surface area contributed by atoms with Crippen LogP contribution < -0.4 is 5.32 Å². The van der Waals surface area contributed by atoms with Gasteiger partial charge in [0.15, 0.2) is 0 Å². The number of hydrogen-bond acceptors (Lipinski definition) is 3. The van der Waals surface area contributed by atoms with E-state index in [9.17, 15) is 18.8 Å². The Morgan fingerprint density at radius 3 is 2.70 bits per heavy atom. The van der Waals surface area contributed by atoms with Crippen molar-refractivity contribution in [2.24, 2.45) is 17.8 Å². The van der Waals surface area contributed by atoms with Gasteiger partial charge in [-0.2, -0.15) is 0 Å². The van der Waals surface area contributed by atoms with Crippen molar-refractivity contribution in [3.8, 4) is 0 Å². The van der Waals surface area contributed by atoms with E-state index in [1.807, 2.05) is 0 Å².